The Labute approximate surface area is 79.9 Å². The zero-order chi connectivity index (χ0) is 9.00. The third-order valence-corrected chi connectivity index (χ3v) is 3.86. The zero-order valence-corrected chi connectivity index (χ0v) is 8.63. The number of fused-ring (bicyclic) bond motifs is 1. The molecule has 2 aliphatic rings. The molecule has 0 aromatic carbocycles. The van der Waals surface area contributed by atoms with Gasteiger partial charge in [-0.25, -0.2) is 4.45 Å². The monoisotopic (exact) mass is 195 g/mol. The fourth-order valence-electron chi connectivity index (χ4n) is 2.58. The minimum absolute atomic E-state index is 0.688. The van der Waals surface area contributed by atoms with Gasteiger partial charge in [-0.15, -0.1) is 0 Å². The Balaban J connectivity index is 1.84. The highest BCUT2D eigenvalue weighted by molar-refractivity contribution is 7.14. The largest absolute Gasteiger partial charge is 0.384 e. The van der Waals surface area contributed by atoms with Crippen LogP contribution in [0, 0.1) is 11.8 Å². The number of anilines is 1. The third kappa shape index (κ3) is 1.18. The second-order valence-electron chi connectivity index (χ2n) is 4.36. The average molecular weight is 195 g/mol. The van der Waals surface area contributed by atoms with Crippen LogP contribution in [0.4, 0.5) is 5.82 Å². The van der Waals surface area contributed by atoms with Gasteiger partial charge in [0.2, 0.25) is 0 Å². The molecule has 4 heteroatoms. The lowest BCUT2D eigenvalue weighted by Gasteiger charge is -2.06. The Bertz CT molecular complexity index is 317. The Kier molecular flexibility index (Phi) is 1.49. The van der Waals surface area contributed by atoms with Crippen LogP contribution in [0.1, 0.15) is 30.9 Å². The number of rotatable bonds is 1. The summed E-state index contributed by atoms with van der Waals surface area (Å²) in [5.41, 5.74) is 6.93. The van der Waals surface area contributed by atoms with Crippen molar-refractivity contribution in [2.45, 2.75) is 25.2 Å². The second kappa shape index (κ2) is 2.48. The molecule has 13 heavy (non-hydrogen) atoms. The maximum atomic E-state index is 5.73. The fourth-order valence-corrected chi connectivity index (χ4v) is 2.79. The van der Waals surface area contributed by atoms with Crippen molar-refractivity contribution in [2.24, 2.45) is 11.8 Å². The molecular weight excluding hydrogens is 181 g/mol. The van der Waals surface area contributed by atoms with E-state index in [1.165, 1.54) is 25.0 Å². The van der Waals surface area contributed by atoms with Gasteiger partial charge in [0.15, 0.2) is 0 Å². The van der Waals surface area contributed by atoms with Gasteiger partial charge in [-0.3, -0.25) is 0 Å². The SMILES string of the molecule is Nc1cc(C2CC3CC3C2)nn1P. The van der Waals surface area contributed by atoms with Crippen LogP contribution in [0.25, 0.3) is 0 Å². The molecule has 3 atom stereocenters. The first kappa shape index (κ1) is 7.81. The van der Waals surface area contributed by atoms with Crippen molar-refractivity contribution in [2.75, 3.05) is 5.73 Å². The van der Waals surface area contributed by atoms with Crippen LogP contribution in [0.15, 0.2) is 6.07 Å². The molecule has 0 radical (unpaired) electrons. The summed E-state index contributed by atoms with van der Waals surface area (Å²) < 4.78 is 1.69. The Hall–Kier alpha value is -0.560. The molecule has 2 saturated carbocycles. The molecule has 0 bridgehead atoms. The smallest absolute Gasteiger partial charge is 0.125 e. The molecule has 3 unspecified atom stereocenters. The Morgan fingerprint density at radius 3 is 2.62 bits per heavy atom. The summed E-state index contributed by atoms with van der Waals surface area (Å²) in [6.07, 6.45) is 4.14. The van der Waals surface area contributed by atoms with Gasteiger partial charge in [0, 0.05) is 12.0 Å². The van der Waals surface area contributed by atoms with Crippen LogP contribution < -0.4 is 5.73 Å². The molecule has 70 valence electrons. The van der Waals surface area contributed by atoms with Gasteiger partial charge in [0.25, 0.3) is 0 Å². The van der Waals surface area contributed by atoms with Crippen molar-refractivity contribution in [1.29, 1.82) is 0 Å². The van der Waals surface area contributed by atoms with E-state index in [0.717, 1.165) is 17.7 Å². The minimum Gasteiger partial charge on any atom is -0.384 e. The first-order valence-corrected chi connectivity index (χ1v) is 5.36. The summed E-state index contributed by atoms with van der Waals surface area (Å²) in [4.78, 5) is 0. The van der Waals surface area contributed by atoms with Crippen molar-refractivity contribution >= 4 is 15.2 Å². The van der Waals surface area contributed by atoms with E-state index < -0.39 is 0 Å². The predicted molar refractivity (Wildman–Crippen MR) is 55.3 cm³/mol. The molecule has 3 rings (SSSR count). The van der Waals surface area contributed by atoms with Gasteiger partial charge < -0.3 is 5.73 Å². The van der Waals surface area contributed by atoms with Gasteiger partial charge in [-0.1, -0.05) is 0 Å². The quantitative estimate of drug-likeness (QED) is 0.692. The van der Waals surface area contributed by atoms with E-state index in [1.807, 2.05) is 6.07 Å². The number of hydrogen-bond donors (Lipinski definition) is 1. The summed E-state index contributed by atoms with van der Waals surface area (Å²) in [5.74, 6) is 3.47. The molecule has 2 N–H and O–H groups in total. The maximum absolute atomic E-state index is 5.73. The lowest BCUT2D eigenvalue weighted by Crippen LogP contribution is -1.96. The van der Waals surface area contributed by atoms with Gasteiger partial charge in [-0.05, 0) is 40.5 Å². The number of aromatic nitrogens is 2. The molecule has 0 aliphatic heterocycles. The molecule has 1 heterocycles. The lowest BCUT2D eigenvalue weighted by atomic mass is 10.00. The summed E-state index contributed by atoms with van der Waals surface area (Å²) in [7, 11) is 2.52. The number of hydrogen-bond acceptors (Lipinski definition) is 2. The Morgan fingerprint density at radius 2 is 2.08 bits per heavy atom. The highest BCUT2D eigenvalue weighted by atomic mass is 31.0. The van der Waals surface area contributed by atoms with Crippen molar-refractivity contribution in [3.63, 3.8) is 0 Å². The summed E-state index contributed by atoms with van der Waals surface area (Å²) in [6.45, 7) is 0. The number of nitrogen functional groups attached to an aromatic ring is 1. The molecule has 0 spiro atoms. The van der Waals surface area contributed by atoms with E-state index in [9.17, 15) is 0 Å². The van der Waals surface area contributed by atoms with Crippen LogP contribution in [0.3, 0.4) is 0 Å². The maximum Gasteiger partial charge on any atom is 0.125 e. The van der Waals surface area contributed by atoms with Gasteiger partial charge in [0.1, 0.15) is 5.82 Å². The standard InChI is InChI=1S/C9H14N3P/c10-9-4-8(11-12(9)13)7-2-5-1-6(5)3-7/h4-7H,1-3,10,13H2. The summed E-state index contributed by atoms with van der Waals surface area (Å²) >= 11 is 0. The second-order valence-corrected chi connectivity index (χ2v) is 4.85. The molecule has 2 aliphatic carbocycles. The van der Waals surface area contributed by atoms with Crippen molar-refractivity contribution in [1.82, 2.24) is 9.55 Å². The Morgan fingerprint density at radius 1 is 1.38 bits per heavy atom. The zero-order valence-electron chi connectivity index (χ0n) is 7.48. The van der Waals surface area contributed by atoms with E-state index in [1.54, 1.807) is 4.45 Å². The number of nitrogens with zero attached hydrogens (tertiary/aromatic N) is 2. The van der Waals surface area contributed by atoms with Crippen LogP contribution in [-0.4, -0.2) is 9.55 Å². The molecule has 1 aromatic rings. The first-order valence-electron chi connectivity index (χ1n) is 4.84. The van der Waals surface area contributed by atoms with Crippen LogP contribution >= 0.6 is 9.39 Å². The van der Waals surface area contributed by atoms with Crippen molar-refractivity contribution < 1.29 is 0 Å². The van der Waals surface area contributed by atoms with Crippen molar-refractivity contribution in [3.8, 4) is 0 Å². The van der Waals surface area contributed by atoms with Crippen molar-refractivity contribution in [3.05, 3.63) is 11.8 Å². The minimum atomic E-state index is 0.688. The van der Waals surface area contributed by atoms with E-state index >= 15 is 0 Å². The van der Waals surface area contributed by atoms with E-state index in [-0.39, 0.29) is 0 Å². The normalized spacial score (nSPS) is 36.2. The number of nitrogens with two attached hydrogens (primary N) is 1. The molecule has 2 fully saturated rings. The van der Waals surface area contributed by atoms with E-state index in [2.05, 4.69) is 14.5 Å². The van der Waals surface area contributed by atoms with E-state index in [4.69, 9.17) is 5.73 Å². The highest BCUT2D eigenvalue weighted by Gasteiger charge is 2.46. The third-order valence-electron chi connectivity index (χ3n) is 3.45. The van der Waals surface area contributed by atoms with Crippen LogP contribution in [0.5, 0.6) is 0 Å². The highest BCUT2D eigenvalue weighted by Crippen LogP contribution is 2.57. The molecule has 1 aromatic heterocycles. The fraction of sp³-hybridized carbons (Fsp3) is 0.667. The summed E-state index contributed by atoms with van der Waals surface area (Å²) in [5, 5.41) is 4.40. The van der Waals surface area contributed by atoms with Gasteiger partial charge in [-0.2, -0.15) is 5.10 Å². The van der Waals surface area contributed by atoms with Gasteiger partial charge in [0.05, 0.1) is 5.69 Å². The lowest BCUT2D eigenvalue weighted by molar-refractivity contribution is 0.604. The first-order chi connectivity index (χ1) is 6.24. The molecule has 0 amide bonds. The van der Waals surface area contributed by atoms with E-state index in [0.29, 0.717) is 5.92 Å². The van der Waals surface area contributed by atoms with Crippen LogP contribution in [0.2, 0.25) is 0 Å². The molecule has 0 saturated heterocycles. The topological polar surface area (TPSA) is 43.8 Å². The van der Waals surface area contributed by atoms with Crippen LogP contribution in [-0.2, 0) is 0 Å². The molecule has 3 nitrogen and oxygen atoms in total. The van der Waals surface area contributed by atoms with Gasteiger partial charge >= 0.3 is 0 Å². The predicted octanol–water partition coefficient (Wildman–Crippen LogP) is 1.62. The molecular formula is C9H14N3P. The average Bonchev–Trinajstić information content (AvgIpc) is 2.54. The summed E-state index contributed by atoms with van der Waals surface area (Å²) in [6, 6.07) is 2.02.